The molecule has 2 heterocycles. The second-order valence-corrected chi connectivity index (χ2v) is 8.81. The van der Waals surface area contributed by atoms with E-state index >= 15 is 0 Å². The van der Waals surface area contributed by atoms with Gasteiger partial charge in [-0.05, 0) is 0 Å². The van der Waals surface area contributed by atoms with Crippen LogP contribution >= 0.6 is 0 Å². The summed E-state index contributed by atoms with van der Waals surface area (Å²) in [4.78, 5) is 0. The number of hydrogen-bond acceptors (Lipinski definition) is 4. The van der Waals surface area contributed by atoms with E-state index in [1.807, 2.05) is 48.5 Å². The molecule has 0 atom stereocenters. The van der Waals surface area contributed by atoms with Crippen molar-refractivity contribution in [2.24, 2.45) is 0 Å². The molecular weight excluding hydrogens is 286 g/mol. The van der Waals surface area contributed by atoms with Gasteiger partial charge in [-0.3, -0.25) is 0 Å². The van der Waals surface area contributed by atoms with E-state index in [2.05, 4.69) is 5.73 Å². The maximum absolute atomic E-state index is 6.19. The first kappa shape index (κ1) is 12.5. The topological polar surface area (TPSA) is 64.6 Å². The SMILES string of the molecule is [NH3+]CCC[Si-]12(Oc3ccccc3O1)Oc1ccccc1O2. The normalized spacial score (nSPS) is 20.9. The molecule has 0 amide bonds. The molecule has 2 aromatic carbocycles. The minimum absolute atomic E-state index is 0.576. The standard InChI is InChI=1S/C15H16NO4Si/c16-10-5-11-21(17-12-6-1-2-7-13(12)18-21)19-14-8-3-4-9-15(14)20-21/h1-4,6-9H,5,10-11,16H2/q-1/p+1. The summed E-state index contributed by atoms with van der Waals surface area (Å²) in [7, 11) is -3.97. The second kappa shape index (κ2) is 4.16. The first-order valence-corrected chi connectivity index (χ1v) is 9.48. The fraction of sp³-hybridized carbons (Fsp3) is 0.200. The van der Waals surface area contributed by atoms with E-state index < -0.39 is 8.33 Å². The Labute approximate surface area is 123 Å². The first-order valence-electron chi connectivity index (χ1n) is 7.14. The molecule has 4 rings (SSSR count). The number of benzene rings is 2. The van der Waals surface area contributed by atoms with Crippen molar-refractivity contribution in [1.29, 1.82) is 0 Å². The molecule has 0 unspecified atom stereocenters. The minimum atomic E-state index is -3.97. The van der Waals surface area contributed by atoms with E-state index in [0.717, 1.165) is 13.0 Å². The molecule has 1 spiro atoms. The van der Waals surface area contributed by atoms with Crippen LogP contribution in [0.3, 0.4) is 0 Å². The molecule has 0 radical (unpaired) electrons. The van der Waals surface area contributed by atoms with Gasteiger partial charge in [-0.2, -0.15) is 0 Å². The summed E-state index contributed by atoms with van der Waals surface area (Å²) in [6, 6.07) is 15.7. The van der Waals surface area contributed by atoms with Gasteiger partial charge in [0, 0.05) is 0 Å². The fourth-order valence-electron chi connectivity index (χ4n) is 2.83. The quantitative estimate of drug-likeness (QED) is 0.880. The molecule has 6 heteroatoms. The zero-order chi connectivity index (χ0) is 14.4. The third-order valence-corrected chi connectivity index (χ3v) is 7.39. The Morgan fingerprint density at radius 2 is 1.10 bits per heavy atom. The summed E-state index contributed by atoms with van der Waals surface area (Å²) in [6.45, 7) is 0.773. The van der Waals surface area contributed by atoms with Gasteiger partial charge < -0.3 is 0 Å². The Morgan fingerprint density at radius 3 is 1.43 bits per heavy atom. The van der Waals surface area contributed by atoms with Crippen LogP contribution in [0.4, 0.5) is 0 Å². The molecule has 2 aliphatic rings. The third kappa shape index (κ3) is 1.80. The van der Waals surface area contributed by atoms with Gasteiger partial charge in [-0.1, -0.05) is 0 Å². The summed E-state index contributed by atoms with van der Waals surface area (Å²) in [5, 5.41) is 0. The van der Waals surface area contributed by atoms with E-state index in [-0.39, 0.29) is 0 Å². The van der Waals surface area contributed by atoms with Gasteiger partial charge in [0.25, 0.3) is 0 Å². The van der Waals surface area contributed by atoms with Crippen molar-refractivity contribution in [3.8, 4) is 23.0 Å². The molecule has 2 aliphatic heterocycles. The van der Waals surface area contributed by atoms with Crippen LogP contribution in [0.25, 0.3) is 0 Å². The Kier molecular flexibility index (Phi) is 2.48. The molecular formula is C15H17NO4Si. The summed E-state index contributed by atoms with van der Waals surface area (Å²) in [5.41, 5.74) is 3.90. The van der Waals surface area contributed by atoms with Gasteiger partial charge in [-0.25, -0.2) is 0 Å². The monoisotopic (exact) mass is 303 g/mol. The molecule has 0 saturated heterocycles. The molecule has 0 bridgehead atoms. The third-order valence-electron chi connectivity index (χ3n) is 3.76. The first-order chi connectivity index (χ1) is 10.2. The van der Waals surface area contributed by atoms with Crippen molar-refractivity contribution in [2.75, 3.05) is 6.54 Å². The van der Waals surface area contributed by atoms with Crippen molar-refractivity contribution in [2.45, 2.75) is 12.5 Å². The molecule has 3 N–H and O–H groups in total. The van der Waals surface area contributed by atoms with Crippen LogP contribution in [0.2, 0.25) is 6.04 Å². The molecule has 21 heavy (non-hydrogen) atoms. The van der Waals surface area contributed by atoms with Gasteiger partial charge in [0.05, 0.1) is 0 Å². The van der Waals surface area contributed by atoms with E-state index in [4.69, 9.17) is 17.7 Å². The van der Waals surface area contributed by atoms with Crippen molar-refractivity contribution in [3.63, 3.8) is 0 Å². The Bertz CT molecular complexity index is 593. The molecule has 110 valence electrons. The summed E-state index contributed by atoms with van der Waals surface area (Å²) >= 11 is 0. The van der Waals surface area contributed by atoms with E-state index in [1.54, 1.807) is 0 Å². The maximum atomic E-state index is 6.19. The molecule has 0 aromatic heterocycles. The molecule has 2 aromatic rings. The second-order valence-electron chi connectivity index (χ2n) is 5.34. The van der Waals surface area contributed by atoms with Gasteiger partial charge in [0.15, 0.2) is 0 Å². The molecule has 0 fully saturated rings. The van der Waals surface area contributed by atoms with E-state index in [0.29, 0.717) is 29.0 Å². The summed E-state index contributed by atoms with van der Waals surface area (Å²) in [6.07, 6.45) is 0.815. The zero-order valence-electron chi connectivity index (χ0n) is 11.6. The number of para-hydroxylation sites is 4. The van der Waals surface area contributed by atoms with Gasteiger partial charge in [-0.15, -0.1) is 0 Å². The van der Waals surface area contributed by atoms with Crippen molar-refractivity contribution < 1.29 is 23.4 Å². The number of fused-ring (bicyclic) bond motifs is 2. The Balaban J connectivity index is 1.78. The van der Waals surface area contributed by atoms with Crippen LogP contribution < -0.4 is 23.4 Å². The van der Waals surface area contributed by atoms with Crippen LogP contribution in [0.5, 0.6) is 23.0 Å². The van der Waals surface area contributed by atoms with Crippen molar-refractivity contribution in [1.82, 2.24) is 0 Å². The summed E-state index contributed by atoms with van der Waals surface area (Å²) in [5.74, 6) is 2.73. The zero-order valence-corrected chi connectivity index (χ0v) is 12.6. The molecule has 5 nitrogen and oxygen atoms in total. The molecule has 0 saturated carbocycles. The predicted molar refractivity (Wildman–Crippen MR) is 78.3 cm³/mol. The predicted octanol–water partition coefficient (Wildman–Crippen LogP) is 1.95. The average molecular weight is 303 g/mol. The number of hydrogen-bond donors (Lipinski definition) is 1. The van der Waals surface area contributed by atoms with Crippen molar-refractivity contribution >= 4 is 8.33 Å². The number of quaternary nitrogens is 1. The Hall–Kier alpha value is -2.18. The van der Waals surface area contributed by atoms with Crippen LogP contribution in [0.1, 0.15) is 6.42 Å². The van der Waals surface area contributed by atoms with Crippen molar-refractivity contribution in [3.05, 3.63) is 48.5 Å². The summed E-state index contributed by atoms with van der Waals surface area (Å²) < 4.78 is 24.7. The number of rotatable bonds is 3. The van der Waals surface area contributed by atoms with E-state index in [1.165, 1.54) is 0 Å². The Morgan fingerprint density at radius 1 is 0.714 bits per heavy atom. The van der Waals surface area contributed by atoms with Crippen LogP contribution in [0.15, 0.2) is 48.5 Å². The van der Waals surface area contributed by atoms with Crippen LogP contribution in [-0.2, 0) is 0 Å². The van der Waals surface area contributed by atoms with E-state index in [9.17, 15) is 0 Å². The van der Waals surface area contributed by atoms with Crippen LogP contribution in [-0.4, -0.2) is 14.9 Å². The average Bonchev–Trinajstić information content (AvgIpc) is 2.99. The van der Waals surface area contributed by atoms with Gasteiger partial charge in [0.1, 0.15) is 0 Å². The van der Waals surface area contributed by atoms with Gasteiger partial charge in [0.2, 0.25) is 0 Å². The molecule has 0 aliphatic carbocycles. The van der Waals surface area contributed by atoms with Gasteiger partial charge >= 0.3 is 122 Å². The van der Waals surface area contributed by atoms with Crippen LogP contribution in [0, 0.1) is 0 Å². The fourth-order valence-corrected chi connectivity index (χ4v) is 6.69.